The monoisotopic (exact) mass is 308 g/mol. The molecule has 2 aliphatic heterocycles. The second-order valence-corrected chi connectivity index (χ2v) is 8.50. The summed E-state index contributed by atoms with van der Waals surface area (Å²) in [6, 6.07) is 8.05. The predicted molar refractivity (Wildman–Crippen MR) is 83.8 cm³/mol. The fourth-order valence-corrected chi connectivity index (χ4v) is 5.43. The Morgan fingerprint density at radius 3 is 2.81 bits per heavy atom. The van der Waals surface area contributed by atoms with E-state index < -0.39 is 9.84 Å². The lowest BCUT2D eigenvalue weighted by molar-refractivity contribution is 0.0714. The second-order valence-electron chi connectivity index (χ2n) is 6.42. The highest BCUT2D eigenvalue weighted by atomic mass is 32.2. The fourth-order valence-electron chi connectivity index (χ4n) is 3.83. The molecule has 0 bridgehead atoms. The molecule has 4 nitrogen and oxygen atoms in total. The first-order valence-electron chi connectivity index (χ1n) is 7.80. The van der Waals surface area contributed by atoms with Gasteiger partial charge in [0.05, 0.1) is 10.6 Å². The highest BCUT2D eigenvalue weighted by Gasteiger charge is 2.37. The van der Waals surface area contributed by atoms with E-state index in [1.54, 1.807) is 6.07 Å². The van der Waals surface area contributed by atoms with Crippen molar-refractivity contribution in [3.8, 4) is 0 Å². The van der Waals surface area contributed by atoms with Crippen LogP contribution < -0.4 is 5.73 Å². The highest BCUT2D eigenvalue weighted by Crippen LogP contribution is 2.39. The summed E-state index contributed by atoms with van der Waals surface area (Å²) in [7, 11) is -3.11. The van der Waals surface area contributed by atoms with Crippen molar-refractivity contribution in [1.29, 1.82) is 0 Å². The zero-order valence-corrected chi connectivity index (χ0v) is 13.3. The standard InChI is InChI=1S/C16H24N2O2S/c1-12-6-8-18(13(10-12)11-17)15-7-9-21(19,20)16-5-3-2-4-14(15)16/h2-5,12-13,15H,6-11,17H2,1H3. The van der Waals surface area contributed by atoms with Crippen molar-refractivity contribution in [1.82, 2.24) is 4.90 Å². The molecule has 2 aliphatic rings. The molecule has 0 radical (unpaired) electrons. The summed E-state index contributed by atoms with van der Waals surface area (Å²) in [4.78, 5) is 2.98. The third-order valence-corrected chi connectivity index (χ3v) is 6.78. The van der Waals surface area contributed by atoms with Gasteiger partial charge in [-0.25, -0.2) is 8.42 Å². The second kappa shape index (κ2) is 5.71. The van der Waals surface area contributed by atoms with Crippen LogP contribution in [0.15, 0.2) is 29.2 Å². The van der Waals surface area contributed by atoms with Gasteiger partial charge in [-0.15, -0.1) is 0 Å². The van der Waals surface area contributed by atoms with Crippen LogP contribution in [0.2, 0.25) is 0 Å². The number of fused-ring (bicyclic) bond motifs is 1. The van der Waals surface area contributed by atoms with E-state index in [0.717, 1.165) is 18.5 Å². The van der Waals surface area contributed by atoms with E-state index in [1.165, 1.54) is 6.42 Å². The van der Waals surface area contributed by atoms with E-state index in [4.69, 9.17) is 5.73 Å². The van der Waals surface area contributed by atoms with Gasteiger partial charge in [-0.3, -0.25) is 4.90 Å². The van der Waals surface area contributed by atoms with Crippen LogP contribution in [0.25, 0.3) is 0 Å². The molecular weight excluding hydrogens is 284 g/mol. The lowest BCUT2D eigenvalue weighted by atomic mass is 9.89. The van der Waals surface area contributed by atoms with Crippen molar-refractivity contribution < 1.29 is 8.42 Å². The first kappa shape index (κ1) is 15.0. The number of hydrogen-bond donors (Lipinski definition) is 1. The van der Waals surface area contributed by atoms with Gasteiger partial charge in [-0.05, 0) is 43.4 Å². The van der Waals surface area contributed by atoms with Gasteiger partial charge in [0.15, 0.2) is 9.84 Å². The summed E-state index contributed by atoms with van der Waals surface area (Å²) in [5.41, 5.74) is 6.95. The van der Waals surface area contributed by atoms with Crippen LogP contribution in [0.5, 0.6) is 0 Å². The molecule has 5 heteroatoms. The van der Waals surface area contributed by atoms with E-state index in [2.05, 4.69) is 11.8 Å². The zero-order chi connectivity index (χ0) is 15.0. The van der Waals surface area contributed by atoms with Crippen molar-refractivity contribution in [3.63, 3.8) is 0 Å². The van der Waals surface area contributed by atoms with Gasteiger partial charge < -0.3 is 5.73 Å². The van der Waals surface area contributed by atoms with Gasteiger partial charge in [-0.1, -0.05) is 25.1 Å². The quantitative estimate of drug-likeness (QED) is 0.907. The lowest BCUT2D eigenvalue weighted by Crippen LogP contribution is -2.49. The molecule has 1 fully saturated rings. The summed E-state index contributed by atoms with van der Waals surface area (Å²) in [6.45, 7) is 3.94. The molecule has 1 saturated heterocycles. The molecular formula is C16H24N2O2S. The van der Waals surface area contributed by atoms with Crippen LogP contribution in [0.4, 0.5) is 0 Å². The molecule has 0 amide bonds. The number of piperidine rings is 1. The van der Waals surface area contributed by atoms with E-state index in [1.807, 2.05) is 18.2 Å². The number of sulfone groups is 1. The van der Waals surface area contributed by atoms with Crippen LogP contribution in [-0.4, -0.2) is 38.2 Å². The Morgan fingerprint density at radius 1 is 1.29 bits per heavy atom. The minimum absolute atomic E-state index is 0.200. The molecule has 0 aliphatic carbocycles. The average molecular weight is 308 g/mol. The van der Waals surface area contributed by atoms with Gasteiger partial charge in [0.1, 0.15) is 0 Å². The smallest absolute Gasteiger partial charge is 0.178 e. The minimum atomic E-state index is -3.11. The first-order valence-corrected chi connectivity index (χ1v) is 9.45. The number of hydrogen-bond acceptors (Lipinski definition) is 4. The number of benzene rings is 1. The molecule has 116 valence electrons. The van der Waals surface area contributed by atoms with Crippen molar-refractivity contribution in [2.45, 2.75) is 43.2 Å². The maximum absolute atomic E-state index is 12.3. The third-order valence-electron chi connectivity index (χ3n) is 4.97. The number of likely N-dealkylation sites (tertiary alicyclic amines) is 1. The van der Waals surface area contributed by atoms with Crippen molar-refractivity contribution in [2.75, 3.05) is 18.8 Å². The topological polar surface area (TPSA) is 63.4 Å². The van der Waals surface area contributed by atoms with Gasteiger partial charge in [0, 0.05) is 18.6 Å². The summed E-state index contributed by atoms with van der Waals surface area (Å²) in [5, 5.41) is 0. The molecule has 2 heterocycles. The third kappa shape index (κ3) is 2.74. The maximum Gasteiger partial charge on any atom is 0.178 e. The first-order chi connectivity index (χ1) is 10.0. The zero-order valence-electron chi connectivity index (χ0n) is 12.5. The van der Waals surface area contributed by atoms with Gasteiger partial charge in [0.25, 0.3) is 0 Å². The summed E-state index contributed by atoms with van der Waals surface area (Å²) >= 11 is 0. The Bertz CT molecular complexity index is 614. The predicted octanol–water partition coefficient (Wildman–Crippen LogP) is 1.96. The molecule has 3 atom stereocenters. The Labute approximate surface area is 127 Å². The summed E-state index contributed by atoms with van der Waals surface area (Å²) in [6.07, 6.45) is 2.97. The molecule has 1 aromatic rings. The normalized spacial score (nSPS) is 32.6. The van der Waals surface area contributed by atoms with Crippen LogP contribution >= 0.6 is 0 Å². The fraction of sp³-hybridized carbons (Fsp3) is 0.625. The Balaban J connectivity index is 1.96. The largest absolute Gasteiger partial charge is 0.329 e. The van der Waals surface area contributed by atoms with Gasteiger partial charge >= 0.3 is 0 Å². The molecule has 0 saturated carbocycles. The molecule has 3 unspecified atom stereocenters. The van der Waals surface area contributed by atoms with E-state index in [0.29, 0.717) is 29.8 Å². The molecule has 3 rings (SSSR count). The summed E-state index contributed by atoms with van der Waals surface area (Å²) < 4.78 is 24.5. The lowest BCUT2D eigenvalue weighted by Gasteiger charge is -2.44. The van der Waals surface area contributed by atoms with Crippen molar-refractivity contribution in [2.24, 2.45) is 11.7 Å². The molecule has 1 aromatic carbocycles. The Kier molecular flexibility index (Phi) is 4.08. The van der Waals surface area contributed by atoms with Gasteiger partial charge in [-0.2, -0.15) is 0 Å². The van der Waals surface area contributed by atoms with E-state index >= 15 is 0 Å². The number of nitrogens with two attached hydrogens (primary N) is 1. The minimum Gasteiger partial charge on any atom is -0.329 e. The van der Waals surface area contributed by atoms with Crippen LogP contribution in [0, 0.1) is 5.92 Å². The average Bonchev–Trinajstić information content (AvgIpc) is 2.48. The molecule has 2 N–H and O–H groups in total. The SMILES string of the molecule is CC1CCN(C2CCS(=O)(=O)c3ccccc32)C(CN)C1. The number of rotatable bonds is 2. The molecule has 21 heavy (non-hydrogen) atoms. The summed E-state index contributed by atoms with van der Waals surface area (Å²) in [5.74, 6) is 0.954. The van der Waals surface area contributed by atoms with Crippen molar-refractivity contribution >= 4 is 9.84 Å². The Morgan fingerprint density at radius 2 is 2.05 bits per heavy atom. The van der Waals surface area contributed by atoms with Crippen molar-refractivity contribution in [3.05, 3.63) is 29.8 Å². The maximum atomic E-state index is 12.3. The molecule has 0 aromatic heterocycles. The van der Waals surface area contributed by atoms with Gasteiger partial charge in [0.2, 0.25) is 0 Å². The van der Waals surface area contributed by atoms with E-state index in [9.17, 15) is 8.42 Å². The van der Waals surface area contributed by atoms with Crippen LogP contribution in [-0.2, 0) is 9.84 Å². The molecule has 0 spiro atoms. The van der Waals surface area contributed by atoms with Crippen LogP contribution in [0.3, 0.4) is 0 Å². The van der Waals surface area contributed by atoms with E-state index in [-0.39, 0.29) is 11.8 Å². The Hall–Kier alpha value is -0.910. The highest BCUT2D eigenvalue weighted by molar-refractivity contribution is 7.91. The number of nitrogens with zero attached hydrogens (tertiary/aromatic N) is 1. The van der Waals surface area contributed by atoms with Crippen LogP contribution in [0.1, 0.15) is 37.8 Å².